The third kappa shape index (κ3) is 2.46. The van der Waals surface area contributed by atoms with E-state index in [4.69, 9.17) is 0 Å². The molecule has 0 saturated carbocycles. The van der Waals surface area contributed by atoms with Crippen LogP contribution in [0.15, 0.2) is 24.5 Å². The summed E-state index contributed by atoms with van der Waals surface area (Å²) in [6.07, 6.45) is 3.92. The number of aromatic nitrogens is 2. The molecule has 2 aromatic rings. The summed E-state index contributed by atoms with van der Waals surface area (Å²) in [7, 11) is 1.95. The van der Waals surface area contributed by atoms with Crippen molar-refractivity contribution in [2.75, 3.05) is 13.1 Å². The van der Waals surface area contributed by atoms with E-state index >= 15 is 0 Å². The van der Waals surface area contributed by atoms with Gasteiger partial charge in [0.1, 0.15) is 0 Å². The normalized spacial score (nSPS) is 19.5. The van der Waals surface area contributed by atoms with Gasteiger partial charge in [-0.1, -0.05) is 0 Å². The number of hydrogen-bond donors (Lipinski definition) is 2. The third-order valence-electron chi connectivity index (χ3n) is 3.62. The van der Waals surface area contributed by atoms with E-state index in [1.165, 1.54) is 0 Å². The van der Waals surface area contributed by atoms with Crippen LogP contribution in [0, 0.1) is 0 Å². The highest BCUT2D eigenvalue weighted by Crippen LogP contribution is 2.14. The molecular formula is C14H18N4O. The summed E-state index contributed by atoms with van der Waals surface area (Å²) in [5, 5.41) is 6.36. The summed E-state index contributed by atoms with van der Waals surface area (Å²) in [5.74, 6) is -0.0127. The molecule has 1 amide bonds. The van der Waals surface area contributed by atoms with E-state index in [0.29, 0.717) is 5.56 Å². The Morgan fingerprint density at radius 3 is 3.21 bits per heavy atom. The molecular weight excluding hydrogens is 240 g/mol. The second-order valence-electron chi connectivity index (χ2n) is 5.08. The van der Waals surface area contributed by atoms with Crippen molar-refractivity contribution < 1.29 is 4.79 Å². The topological polar surface area (TPSA) is 59.0 Å². The largest absolute Gasteiger partial charge is 0.348 e. The molecule has 2 N–H and O–H groups in total. The summed E-state index contributed by atoms with van der Waals surface area (Å²) in [5.41, 5.74) is 2.57. The number of fused-ring (bicyclic) bond motifs is 1. The monoisotopic (exact) mass is 258 g/mol. The Balaban J connectivity index is 1.77. The number of benzene rings is 1. The number of nitrogens with one attached hydrogen (secondary N) is 2. The standard InChI is InChI=1S/C14H18N4O/c1-18-9-16-12-7-10(4-5-13(12)18)14(19)17-11-3-2-6-15-8-11/h4-5,7,9,11,15H,2-3,6,8H2,1H3,(H,17,19)/t11-/m1/s1. The Kier molecular flexibility index (Phi) is 3.21. The second-order valence-corrected chi connectivity index (χ2v) is 5.08. The second kappa shape index (κ2) is 5.01. The fraction of sp³-hybridized carbons (Fsp3) is 0.429. The van der Waals surface area contributed by atoms with Crippen LogP contribution in [0.25, 0.3) is 11.0 Å². The van der Waals surface area contributed by atoms with Gasteiger partial charge in [0.2, 0.25) is 0 Å². The average molecular weight is 258 g/mol. The SMILES string of the molecule is Cn1cnc2cc(C(=O)N[C@@H]3CCCNC3)ccc21. The van der Waals surface area contributed by atoms with Crippen LogP contribution in [0.4, 0.5) is 0 Å². The third-order valence-corrected chi connectivity index (χ3v) is 3.62. The summed E-state index contributed by atoms with van der Waals surface area (Å²) in [4.78, 5) is 16.5. The van der Waals surface area contributed by atoms with Gasteiger partial charge in [0.25, 0.3) is 5.91 Å². The number of amides is 1. The van der Waals surface area contributed by atoms with E-state index in [1.807, 2.05) is 29.8 Å². The number of rotatable bonds is 2. The van der Waals surface area contributed by atoms with Crippen molar-refractivity contribution in [1.82, 2.24) is 20.2 Å². The van der Waals surface area contributed by atoms with Gasteiger partial charge in [-0.25, -0.2) is 4.98 Å². The first kappa shape index (κ1) is 12.2. The molecule has 0 spiro atoms. The highest BCUT2D eigenvalue weighted by Gasteiger charge is 2.16. The predicted molar refractivity (Wildman–Crippen MR) is 74.1 cm³/mol. The Morgan fingerprint density at radius 1 is 1.53 bits per heavy atom. The van der Waals surface area contributed by atoms with Crippen LogP contribution in [-0.2, 0) is 7.05 Å². The summed E-state index contributed by atoms with van der Waals surface area (Å²) in [6.45, 7) is 1.91. The first-order valence-corrected chi connectivity index (χ1v) is 6.67. The van der Waals surface area contributed by atoms with Gasteiger partial charge in [-0.15, -0.1) is 0 Å². The first-order chi connectivity index (χ1) is 9.24. The van der Waals surface area contributed by atoms with Gasteiger partial charge in [0, 0.05) is 25.2 Å². The Bertz CT molecular complexity index is 599. The molecule has 0 aliphatic carbocycles. The Hall–Kier alpha value is -1.88. The zero-order valence-corrected chi connectivity index (χ0v) is 11.0. The zero-order chi connectivity index (χ0) is 13.2. The van der Waals surface area contributed by atoms with Crippen molar-refractivity contribution in [3.8, 4) is 0 Å². The van der Waals surface area contributed by atoms with Gasteiger partial charge < -0.3 is 15.2 Å². The van der Waals surface area contributed by atoms with Crippen molar-refractivity contribution in [1.29, 1.82) is 0 Å². The lowest BCUT2D eigenvalue weighted by atomic mass is 10.1. The Morgan fingerprint density at radius 2 is 2.42 bits per heavy atom. The highest BCUT2D eigenvalue weighted by molar-refractivity contribution is 5.97. The molecule has 1 atom stereocenters. The Labute approximate surface area is 112 Å². The molecule has 0 unspecified atom stereocenters. The maximum Gasteiger partial charge on any atom is 0.251 e. The van der Waals surface area contributed by atoms with E-state index < -0.39 is 0 Å². The molecule has 1 aliphatic rings. The van der Waals surface area contributed by atoms with E-state index in [-0.39, 0.29) is 11.9 Å². The smallest absolute Gasteiger partial charge is 0.251 e. The number of piperidine rings is 1. The molecule has 100 valence electrons. The number of imidazole rings is 1. The quantitative estimate of drug-likeness (QED) is 0.846. The summed E-state index contributed by atoms with van der Waals surface area (Å²) < 4.78 is 1.95. The molecule has 1 saturated heterocycles. The molecule has 3 rings (SSSR count). The molecule has 19 heavy (non-hydrogen) atoms. The molecule has 2 heterocycles. The van der Waals surface area contributed by atoms with Crippen LogP contribution in [0.2, 0.25) is 0 Å². The molecule has 1 aromatic carbocycles. The first-order valence-electron chi connectivity index (χ1n) is 6.67. The van der Waals surface area contributed by atoms with Crippen molar-refractivity contribution in [2.45, 2.75) is 18.9 Å². The minimum absolute atomic E-state index is 0.0127. The molecule has 1 fully saturated rings. The summed E-state index contributed by atoms with van der Waals surface area (Å²) in [6, 6.07) is 5.88. The summed E-state index contributed by atoms with van der Waals surface area (Å²) >= 11 is 0. The predicted octanol–water partition coefficient (Wildman–Crippen LogP) is 1.06. The molecule has 5 heteroatoms. The lowest BCUT2D eigenvalue weighted by Gasteiger charge is -2.23. The zero-order valence-electron chi connectivity index (χ0n) is 11.0. The average Bonchev–Trinajstić information content (AvgIpc) is 2.81. The van der Waals surface area contributed by atoms with Crippen LogP contribution in [0.3, 0.4) is 0 Å². The van der Waals surface area contributed by atoms with Gasteiger partial charge in [-0.2, -0.15) is 0 Å². The fourth-order valence-corrected chi connectivity index (χ4v) is 2.52. The van der Waals surface area contributed by atoms with Crippen LogP contribution < -0.4 is 10.6 Å². The van der Waals surface area contributed by atoms with E-state index in [2.05, 4.69) is 15.6 Å². The number of nitrogens with zero attached hydrogens (tertiary/aromatic N) is 2. The molecule has 0 radical (unpaired) electrons. The fourth-order valence-electron chi connectivity index (χ4n) is 2.52. The van der Waals surface area contributed by atoms with Gasteiger partial charge >= 0.3 is 0 Å². The van der Waals surface area contributed by atoms with E-state index in [1.54, 1.807) is 6.33 Å². The van der Waals surface area contributed by atoms with Crippen molar-refractivity contribution in [3.63, 3.8) is 0 Å². The molecule has 0 bridgehead atoms. The lowest BCUT2D eigenvalue weighted by Crippen LogP contribution is -2.45. The van der Waals surface area contributed by atoms with Gasteiger partial charge in [0.05, 0.1) is 17.4 Å². The van der Waals surface area contributed by atoms with Crippen molar-refractivity contribution >= 4 is 16.9 Å². The molecule has 1 aliphatic heterocycles. The van der Waals surface area contributed by atoms with E-state index in [9.17, 15) is 4.79 Å². The maximum atomic E-state index is 12.2. The van der Waals surface area contributed by atoms with Gasteiger partial charge in [-0.3, -0.25) is 4.79 Å². The molecule has 1 aromatic heterocycles. The van der Waals surface area contributed by atoms with Crippen LogP contribution >= 0.6 is 0 Å². The number of carbonyl (C=O) groups excluding carboxylic acids is 1. The van der Waals surface area contributed by atoms with Crippen molar-refractivity contribution in [3.05, 3.63) is 30.1 Å². The minimum atomic E-state index is -0.0127. The lowest BCUT2D eigenvalue weighted by molar-refractivity contribution is 0.0931. The van der Waals surface area contributed by atoms with E-state index in [0.717, 1.165) is 37.0 Å². The van der Waals surface area contributed by atoms with Gasteiger partial charge in [0.15, 0.2) is 0 Å². The van der Waals surface area contributed by atoms with Crippen LogP contribution in [-0.4, -0.2) is 34.6 Å². The van der Waals surface area contributed by atoms with Crippen LogP contribution in [0.5, 0.6) is 0 Å². The van der Waals surface area contributed by atoms with Crippen molar-refractivity contribution in [2.24, 2.45) is 7.05 Å². The minimum Gasteiger partial charge on any atom is -0.348 e. The van der Waals surface area contributed by atoms with Gasteiger partial charge in [-0.05, 0) is 37.6 Å². The highest BCUT2D eigenvalue weighted by atomic mass is 16.1. The van der Waals surface area contributed by atoms with Crippen LogP contribution in [0.1, 0.15) is 23.2 Å². The number of carbonyl (C=O) groups is 1. The molecule has 5 nitrogen and oxygen atoms in total. The maximum absolute atomic E-state index is 12.2. The number of aryl methyl sites for hydroxylation is 1. The number of hydrogen-bond acceptors (Lipinski definition) is 3.